The fourth-order valence-corrected chi connectivity index (χ4v) is 6.77. The molecule has 2 fully saturated rings. The number of carbonyl (C=O) groups excluding carboxylic acids is 5. The van der Waals surface area contributed by atoms with Crippen molar-refractivity contribution >= 4 is 51.0 Å². The minimum absolute atomic E-state index is 0.0701. The van der Waals surface area contributed by atoms with Crippen molar-refractivity contribution in [3.63, 3.8) is 0 Å². The number of likely N-dealkylation sites (N-methyl/N-ethyl adjacent to an activating group) is 1. The number of nitrogens with one attached hydrogen (secondary N) is 1. The summed E-state index contributed by atoms with van der Waals surface area (Å²) < 4.78 is 4.92. The van der Waals surface area contributed by atoms with Crippen LogP contribution in [-0.4, -0.2) is 93.9 Å². The number of carbonyl (C=O) groups is 5. The average Bonchev–Trinajstić information content (AvgIpc) is 2.83. The molecule has 1 aromatic carbocycles. The second-order valence-corrected chi connectivity index (χ2v) is 11.1. The molecule has 38 heavy (non-hydrogen) atoms. The number of ether oxygens (including phenoxy) is 1. The van der Waals surface area contributed by atoms with Gasteiger partial charge < -0.3 is 25.8 Å². The number of aliphatic hydroxyl groups excluding tert-OH is 2. The highest BCUT2D eigenvalue weighted by molar-refractivity contribution is 9.09. The molecule has 4 rings (SSSR count). The first-order chi connectivity index (χ1) is 17.8. The maximum atomic E-state index is 13.8. The minimum atomic E-state index is -1.82. The molecule has 0 spiro atoms. The van der Waals surface area contributed by atoms with E-state index in [-0.39, 0.29) is 17.9 Å². The zero-order chi connectivity index (χ0) is 28.2. The number of nitrogens with two attached hydrogens (primary N) is 1. The lowest BCUT2D eigenvalue weighted by atomic mass is 9.50. The number of rotatable bonds is 5. The first-order valence-corrected chi connectivity index (χ1v) is 13.3. The Morgan fingerprint density at radius 2 is 1.74 bits per heavy atom. The summed E-state index contributed by atoms with van der Waals surface area (Å²) in [4.78, 5) is 65.9. The SMILES string of the molecule is C[C@H]1c2ccc(NC(=O)OCCBr)c(O)c2C(=O)C2C(O)C3C(=O)C(C(N)=O)C(=O)[C@@H](N(C)C)[C@@H]3[C@@H](O)[C@@H]21. The van der Waals surface area contributed by atoms with Crippen LogP contribution < -0.4 is 11.1 Å². The van der Waals surface area contributed by atoms with Gasteiger partial charge in [0.05, 0.1) is 41.3 Å². The number of primary amides is 1. The van der Waals surface area contributed by atoms with E-state index in [1.807, 2.05) is 0 Å². The molecule has 0 heterocycles. The van der Waals surface area contributed by atoms with Crippen LogP contribution in [0.25, 0.3) is 0 Å². The quantitative estimate of drug-likeness (QED) is 0.176. The van der Waals surface area contributed by atoms with Crippen molar-refractivity contribution in [1.82, 2.24) is 4.90 Å². The molecule has 12 nitrogen and oxygen atoms in total. The van der Waals surface area contributed by atoms with Crippen LogP contribution in [0.5, 0.6) is 5.75 Å². The van der Waals surface area contributed by atoms with Gasteiger partial charge in [0.2, 0.25) is 5.91 Å². The summed E-state index contributed by atoms with van der Waals surface area (Å²) in [6.07, 6.45) is -3.90. The molecule has 0 radical (unpaired) electrons. The maximum absolute atomic E-state index is 13.8. The Bertz CT molecular complexity index is 1200. The van der Waals surface area contributed by atoms with Gasteiger partial charge in [0.25, 0.3) is 0 Å². The molecular weight excluding hydrogens is 566 g/mol. The number of alkyl halides is 1. The van der Waals surface area contributed by atoms with Crippen LogP contribution in [0.3, 0.4) is 0 Å². The van der Waals surface area contributed by atoms with Crippen molar-refractivity contribution in [2.75, 3.05) is 31.3 Å². The topological polar surface area (TPSA) is 197 Å². The molecule has 2 amide bonds. The number of hydrogen-bond acceptors (Lipinski definition) is 10. The number of nitrogens with zero attached hydrogens (tertiary/aromatic N) is 1. The number of aliphatic hydroxyl groups is 2. The summed E-state index contributed by atoms with van der Waals surface area (Å²) >= 11 is 3.13. The van der Waals surface area contributed by atoms with E-state index in [0.717, 1.165) is 0 Å². The van der Waals surface area contributed by atoms with Crippen molar-refractivity contribution in [3.8, 4) is 5.75 Å². The van der Waals surface area contributed by atoms with Gasteiger partial charge in [0.1, 0.15) is 12.4 Å². The summed E-state index contributed by atoms with van der Waals surface area (Å²) in [6.45, 7) is 1.78. The predicted molar refractivity (Wildman–Crippen MR) is 136 cm³/mol. The Balaban J connectivity index is 1.80. The van der Waals surface area contributed by atoms with Crippen molar-refractivity contribution in [2.45, 2.75) is 31.1 Å². The van der Waals surface area contributed by atoms with Gasteiger partial charge in [-0.3, -0.25) is 29.4 Å². The number of benzene rings is 1. The highest BCUT2D eigenvalue weighted by Gasteiger charge is 2.65. The van der Waals surface area contributed by atoms with E-state index >= 15 is 0 Å². The molecule has 13 heteroatoms. The Labute approximate surface area is 226 Å². The second-order valence-electron chi connectivity index (χ2n) is 10.3. The number of ketones is 3. The number of anilines is 1. The first-order valence-electron chi connectivity index (χ1n) is 12.1. The Morgan fingerprint density at radius 1 is 1.08 bits per heavy atom. The lowest BCUT2D eigenvalue weighted by Gasteiger charge is -2.55. The largest absolute Gasteiger partial charge is 0.505 e. The minimum Gasteiger partial charge on any atom is -0.505 e. The number of phenols is 1. The lowest BCUT2D eigenvalue weighted by Crippen LogP contribution is -2.70. The highest BCUT2D eigenvalue weighted by Crippen LogP contribution is 2.55. The van der Waals surface area contributed by atoms with Crippen molar-refractivity contribution in [1.29, 1.82) is 0 Å². The fraction of sp³-hybridized carbons (Fsp3) is 0.560. The van der Waals surface area contributed by atoms with Crippen LogP contribution in [0.15, 0.2) is 12.1 Å². The number of halogens is 1. The maximum Gasteiger partial charge on any atom is 0.411 e. The molecular formula is C25H30BrN3O9. The van der Waals surface area contributed by atoms with E-state index < -0.39 is 88.9 Å². The van der Waals surface area contributed by atoms with E-state index in [1.165, 1.54) is 17.0 Å². The molecule has 3 aliphatic carbocycles. The van der Waals surface area contributed by atoms with Gasteiger partial charge in [-0.2, -0.15) is 0 Å². The smallest absolute Gasteiger partial charge is 0.411 e. The van der Waals surface area contributed by atoms with Crippen LogP contribution in [0.1, 0.15) is 28.8 Å². The molecule has 4 unspecified atom stereocenters. The van der Waals surface area contributed by atoms with Gasteiger partial charge in [-0.05, 0) is 31.6 Å². The van der Waals surface area contributed by atoms with E-state index in [0.29, 0.717) is 10.9 Å². The average molecular weight is 596 g/mol. The number of amides is 2. The Morgan fingerprint density at radius 3 is 2.32 bits per heavy atom. The summed E-state index contributed by atoms with van der Waals surface area (Å²) in [7, 11) is 3.11. The third kappa shape index (κ3) is 4.21. The third-order valence-corrected chi connectivity index (χ3v) is 8.45. The summed E-state index contributed by atoms with van der Waals surface area (Å²) in [6, 6.07) is 1.83. The first kappa shape index (κ1) is 28.1. The fourth-order valence-electron chi connectivity index (χ4n) is 6.61. The molecule has 0 aliphatic heterocycles. The molecule has 3 aliphatic rings. The molecule has 0 saturated heterocycles. The van der Waals surface area contributed by atoms with E-state index in [2.05, 4.69) is 21.2 Å². The van der Waals surface area contributed by atoms with Crippen molar-refractivity contribution in [2.24, 2.45) is 35.3 Å². The third-order valence-electron chi connectivity index (χ3n) is 8.12. The summed E-state index contributed by atoms with van der Waals surface area (Å²) in [5, 5.41) is 36.8. The highest BCUT2D eigenvalue weighted by atomic mass is 79.9. The molecule has 1 aromatic rings. The van der Waals surface area contributed by atoms with Gasteiger partial charge in [-0.1, -0.05) is 28.9 Å². The van der Waals surface area contributed by atoms with Crippen LogP contribution in [-0.2, 0) is 19.1 Å². The van der Waals surface area contributed by atoms with Gasteiger partial charge in [-0.25, -0.2) is 4.79 Å². The van der Waals surface area contributed by atoms with Crippen LogP contribution >= 0.6 is 15.9 Å². The molecule has 206 valence electrons. The van der Waals surface area contributed by atoms with Crippen molar-refractivity contribution in [3.05, 3.63) is 23.3 Å². The normalized spacial score (nSPS) is 34.3. The van der Waals surface area contributed by atoms with E-state index in [4.69, 9.17) is 10.5 Å². The predicted octanol–water partition coefficient (Wildman–Crippen LogP) is 0.0191. The number of Topliss-reactive ketones (excluding diaryl/α,β-unsaturated/α-hetero) is 3. The molecule has 6 N–H and O–H groups in total. The van der Waals surface area contributed by atoms with E-state index in [1.54, 1.807) is 21.0 Å². The standard InChI is InChI=1S/C25H30BrN3O9/c1-8-9-4-5-10(28-25(37)38-7-6-26)18(30)12(9)20(32)14-11(8)19(31)13-15(21(14)33)22(34)16(24(27)36)23(35)17(13)29(2)3/h4-5,8,11,13-17,19,21,30-31,33H,6-7H2,1-3H3,(H2,27,36)(H,28,37)/t8-,11+,13+,14?,15?,16?,17-,19-,21?/m0/s1. The Kier molecular flexibility index (Phi) is 7.67. The molecule has 2 saturated carbocycles. The van der Waals surface area contributed by atoms with Gasteiger partial charge in [0, 0.05) is 17.2 Å². The van der Waals surface area contributed by atoms with Crippen LogP contribution in [0, 0.1) is 29.6 Å². The Hall–Kier alpha value is -2.87. The van der Waals surface area contributed by atoms with Gasteiger partial charge in [0.15, 0.2) is 23.3 Å². The molecule has 0 bridgehead atoms. The monoisotopic (exact) mass is 595 g/mol. The lowest BCUT2D eigenvalue weighted by molar-refractivity contribution is -0.176. The van der Waals surface area contributed by atoms with Gasteiger partial charge in [-0.15, -0.1) is 0 Å². The number of fused-ring (bicyclic) bond motifs is 3. The zero-order valence-corrected chi connectivity index (χ0v) is 22.5. The van der Waals surface area contributed by atoms with Gasteiger partial charge >= 0.3 is 6.09 Å². The molecule has 9 atom stereocenters. The summed E-state index contributed by atoms with van der Waals surface area (Å²) in [5.41, 5.74) is 5.50. The summed E-state index contributed by atoms with van der Waals surface area (Å²) in [5.74, 6) is -11.3. The van der Waals surface area contributed by atoms with Crippen molar-refractivity contribution < 1.29 is 44.0 Å². The van der Waals surface area contributed by atoms with E-state index in [9.17, 15) is 39.3 Å². The number of hydrogen-bond donors (Lipinski definition) is 5. The van der Waals surface area contributed by atoms with Crippen LogP contribution in [0.4, 0.5) is 10.5 Å². The molecule has 0 aromatic heterocycles. The van der Waals surface area contributed by atoms with Crippen LogP contribution in [0.2, 0.25) is 0 Å². The zero-order valence-electron chi connectivity index (χ0n) is 21.0. The number of aromatic hydroxyl groups is 1. The number of phenolic OH excluding ortho intramolecular Hbond substituents is 1. The second kappa shape index (κ2) is 10.4.